The van der Waals surface area contributed by atoms with Crippen molar-refractivity contribution in [1.29, 1.82) is 0 Å². The van der Waals surface area contributed by atoms with E-state index in [-0.39, 0.29) is 27.5 Å². The number of sulfonamides is 1. The van der Waals surface area contributed by atoms with Crippen molar-refractivity contribution >= 4 is 27.3 Å². The van der Waals surface area contributed by atoms with E-state index in [1.807, 2.05) is 0 Å². The highest BCUT2D eigenvalue weighted by Crippen LogP contribution is 2.55. The zero-order valence-electron chi connectivity index (χ0n) is 18.6. The van der Waals surface area contributed by atoms with Crippen LogP contribution >= 0.6 is 11.3 Å². The number of morpholine rings is 1. The van der Waals surface area contributed by atoms with Gasteiger partial charge < -0.3 is 10.1 Å². The van der Waals surface area contributed by atoms with E-state index >= 15 is 0 Å². The van der Waals surface area contributed by atoms with Crippen LogP contribution in [0.4, 0.5) is 0 Å². The summed E-state index contributed by atoms with van der Waals surface area (Å²) in [6.45, 7) is 1.88. The number of fused-ring (bicyclic) bond motifs is 1. The van der Waals surface area contributed by atoms with Gasteiger partial charge in [-0.25, -0.2) is 8.42 Å². The lowest BCUT2D eigenvalue weighted by molar-refractivity contribution is 0.0730. The van der Waals surface area contributed by atoms with Gasteiger partial charge in [0, 0.05) is 31.5 Å². The number of nitrogens with one attached hydrogen (secondary N) is 1. The molecule has 1 amide bonds. The number of rotatable bonds is 5. The molecule has 0 spiro atoms. The van der Waals surface area contributed by atoms with Gasteiger partial charge in [-0.2, -0.15) is 4.31 Å². The van der Waals surface area contributed by atoms with Crippen molar-refractivity contribution in [2.75, 3.05) is 32.8 Å². The average molecular weight is 495 g/mol. The molecule has 1 saturated heterocycles. The number of carbonyl (C=O) groups is 1. The van der Waals surface area contributed by atoms with Crippen LogP contribution in [0.1, 0.15) is 50.2 Å². The summed E-state index contributed by atoms with van der Waals surface area (Å²) in [6, 6.07) is 18.8. The SMILES string of the molecule is O=C(NCC1CC2c3ccccc3C1c1ccccc12)c1sccc1S(=O)(=O)N1CCOCC1. The molecular formula is C26H26N2O4S2. The van der Waals surface area contributed by atoms with Crippen LogP contribution in [-0.4, -0.2) is 51.5 Å². The van der Waals surface area contributed by atoms with Crippen molar-refractivity contribution in [2.24, 2.45) is 5.92 Å². The smallest absolute Gasteiger partial charge is 0.262 e. The Morgan fingerprint density at radius 1 is 0.971 bits per heavy atom. The van der Waals surface area contributed by atoms with Gasteiger partial charge in [0.15, 0.2) is 0 Å². The number of ether oxygens (including phenoxy) is 1. The Morgan fingerprint density at radius 3 is 2.24 bits per heavy atom. The van der Waals surface area contributed by atoms with Crippen molar-refractivity contribution in [3.63, 3.8) is 0 Å². The van der Waals surface area contributed by atoms with Gasteiger partial charge in [-0.1, -0.05) is 48.5 Å². The molecule has 1 aromatic heterocycles. The van der Waals surface area contributed by atoms with E-state index in [2.05, 4.69) is 53.8 Å². The average Bonchev–Trinajstić information content (AvgIpc) is 3.39. The Balaban J connectivity index is 1.24. The van der Waals surface area contributed by atoms with Gasteiger partial charge in [-0.15, -0.1) is 11.3 Å². The Labute approximate surface area is 203 Å². The normalized spacial score (nSPS) is 23.8. The molecule has 1 N–H and O–H groups in total. The van der Waals surface area contributed by atoms with Crippen LogP contribution in [0.5, 0.6) is 0 Å². The van der Waals surface area contributed by atoms with Crippen LogP contribution in [0.25, 0.3) is 0 Å². The zero-order chi connectivity index (χ0) is 23.3. The molecule has 7 rings (SSSR count). The number of benzene rings is 2. The van der Waals surface area contributed by atoms with Crippen molar-refractivity contribution in [3.8, 4) is 0 Å². The Morgan fingerprint density at radius 2 is 1.59 bits per heavy atom. The second kappa shape index (κ2) is 8.61. The molecule has 2 aromatic carbocycles. The Bertz CT molecular complexity index is 1300. The minimum atomic E-state index is -3.72. The molecule has 0 radical (unpaired) electrons. The molecule has 1 aliphatic heterocycles. The van der Waals surface area contributed by atoms with Crippen molar-refractivity contribution in [3.05, 3.63) is 87.1 Å². The van der Waals surface area contributed by atoms with Crippen LogP contribution in [0.15, 0.2) is 64.9 Å². The minimum Gasteiger partial charge on any atom is -0.379 e. The first kappa shape index (κ1) is 22.0. The summed E-state index contributed by atoms with van der Waals surface area (Å²) in [7, 11) is -3.72. The van der Waals surface area contributed by atoms with E-state index in [1.54, 1.807) is 11.4 Å². The number of nitrogens with zero attached hydrogens (tertiary/aromatic N) is 1. The third kappa shape index (κ3) is 3.51. The summed E-state index contributed by atoms with van der Waals surface area (Å²) in [6.07, 6.45) is 0.975. The Kier molecular flexibility index (Phi) is 5.56. The van der Waals surface area contributed by atoms with E-state index < -0.39 is 10.0 Å². The largest absolute Gasteiger partial charge is 0.379 e. The van der Waals surface area contributed by atoms with Crippen LogP contribution in [0, 0.1) is 5.92 Å². The number of hydrogen-bond donors (Lipinski definition) is 1. The molecule has 3 aliphatic carbocycles. The third-order valence-electron chi connectivity index (χ3n) is 7.37. The van der Waals surface area contributed by atoms with Crippen molar-refractivity contribution in [2.45, 2.75) is 23.2 Å². The van der Waals surface area contributed by atoms with Crippen LogP contribution in [0.2, 0.25) is 0 Å². The second-order valence-electron chi connectivity index (χ2n) is 9.12. The molecule has 2 bridgehead atoms. The highest BCUT2D eigenvalue weighted by Gasteiger charge is 2.43. The first-order valence-electron chi connectivity index (χ1n) is 11.7. The van der Waals surface area contributed by atoms with Gasteiger partial charge >= 0.3 is 0 Å². The molecule has 6 nitrogen and oxygen atoms in total. The minimum absolute atomic E-state index is 0.0951. The highest BCUT2D eigenvalue weighted by atomic mass is 32.2. The first-order chi connectivity index (χ1) is 16.6. The predicted octanol–water partition coefficient (Wildman–Crippen LogP) is 3.80. The fourth-order valence-electron chi connectivity index (χ4n) is 5.86. The lowest BCUT2D eigenvalue weighted by atomic mass is 9.59. The van der Waals surface area contributed by atoms with E-state index in [1.165, 1.54) is 37.9 Å². The van der Waals surface area contributed by atoms with Crippen molar-refractivity contribution < 1.29 is 17.9 Å². The molecule has 1 unspecified atom stereocenters. The Hall–Kier alpha value is -2.52. The van der Waals surface area contributed by atoms with E-state index in [0.29, 0.717) is 38.8 Å². The van der Waals surface area contributed by atoms with Gasteiger partial charge in [0.05, 0.1) is 13.2 Å². The van der Waals surface area contributed by atoms with E-state index in [0.717, 1.165) is 6.42 Å². The van der Waals surface area contributed by atoms with Crippen LogP contribution in [0.3, 0.4) is 0 Å². The third-order valence-corrected chi connectivity index (χ3v) is 10.4. The predicted molar refractivity (Wildman–Crippen MR) is 131 cm³/mol. The lowest BCUT2D eigenvalue weighted by Gasteiger charge is -2.45. The van der Waals surface area contributed by atoms with Crippen LogP contribution in [-0.2, 0) is 14.8 Å². The van der Waals surface area contributed by atoms with Crippen molar-refractivity contribution in [1.82, 2.24) is 9.62 Å². The first-order valence-corrected chi connectivity index (χ1v) is 14.0. The molecule has 1 fully saturated rings. The van der Waals surface area contributed by atoms with E-state index in [9.17, 15) is 13.2 Å². The molecule has 2 heterocycles. The van der Waals surface area contributed by atoms with Gasteiger partial charge in [-0.05, 0) is 46.0 Å². The summed E-state index contributed by atoms with van der Waals surface area (Å²) >= 11 is 1.18. The molecule has 4 aliphatic rings. The maximum Gasteiger partial charge on any atom is 0.262 e. The van der Waals surface area contributed by atoms with Gasteiger partial charge in [0.2, 0.25) is 10.0 Å². The monoisotopic (exact) mass is 494 g/mol. The van der Waals surface area contributed by atoms with Gasteiger partial charge in [0.1, 0.15) is 9.77 Å². The fraction of sp³-hybridized carbons (Fsp3) is 0.346. The molecule has 0 saturated carbocycles. The summed E-state index contributed by atoms with van der Waals surface area (Å²) < 4.78 is 33.0. The second-order valence-corrected chi connectivity index (χ2v) is 11.9. The standard InChI is InChI=1S/C26H26N2O4S2/c29-26(25-23(9-14-33-25)34(30,31)28-10-12-32-13-11-28)27-16-17-15-22-18-5-1-3-7-20(18)24(17)21-8-4-2-6-19(21)22/h1-9,14,17,22,24H,10-13,15-16H2,(H,27,29). The van der Waals surface area contributed by atoms with Gasteiger partial charge in [-0.3, -0.25) is 4.79 Å². The lowest BCUT2D eigenvalue weighted by Crippen LogP contribution is -2.41. The maximum atomic E-state index is 13.2. The summed E-state index contributed by atoms with van der Waals surface area (Å²) in [5.74, 6) is 0.513. The molecule has 3 aromatic rings. The summed E-state index contributed by atoms with van der Waals surface area (Å²) in [5.41, 5.74) is 5.49. The molecule has 1 atom stereocenters. The molecule has 176 valence electrons. The summed E-state index contributed by atoms with van der Waals surface area (Å²) in [5, 5.41) is 4.76. The summed E-state index contributed by atoms with van der Waals surface area (Å²) in [4.78, 5) is 13.5. The number of thiophene rings is 1. The van der Waals surface area contributed by atoms with Crippen LogP contribution < -0.4 is 5.32 Å². The number of amides is 1. The zero-order valence-corrected chi connectivity index (χ0v) is 20.3. The molecular weight excluding hydrogens is 468 g/mol. The molecule has 8 heteroatoms. The maximum absolute atomic E-state index is 13.2. The molecule has 34 heavy (non-hydrogen) atoms. The quantitative estimate of drug-likeness (QED) is 0.586. The van der Waals surface area contributed by atoms with E-state index in [4.69, 9.17) is 4.74 Å². The number of hydrogen-bond acceptors (Lipinski definition) is 5. The fourth-order valence-corrected chi connectivity index (χ4v) is 8.58. The van der Waals surface area contributed by atoms with Gasteiger partial charge in [0.25, 0.3) is 5.91 Å². The number of carbonyl (C=O) groups excluding carboxylic acids is 1. The highest BCUT2D eigenvalue weighted by molar-refractivity contribution is 7.89. The topological polar surface area (TPSA) is 75.7 Å².